The van der Waals surface area contributed by atoms with Gasteiger partial charge in [-0.1, -0.05) is 32.0 Å². The van der Waals surface area contributed by atoms with E-state index in [1.807, 2.05) is 19.1 Å². The zero-order valence-corrected chi connectivity index (χ0v) is 21.4. The lowest BCUT2D eigenvalue weighted by molar-refractivity contribution is -0.245. The quantitative estimate of drug-likeness (QED) is 0.473. The number of hydrogen-bond acceptors (Lipinski definition) is 6. The van der Waals surface area contributed by atoms with Gasteiger partial charge in [-0.2, -0.15) is 0 Å². The van der Waals surface area contributed by atoms with Gasteiger partial charge in [-0.05, 0) is 97.7 Å². The molecule has 4 saturated carbocycles. The fourth-order valence-electron chi connectivity index (χ4n) is 9.56. The Morgan fingerprint density at radius 1 is 1.00 bits per heavy atom. The van der Waals surface area contributed by atoms with E-state index >= 15 is 0 Å². The Labute approximate surface area is 213 Å². The van der Waals surface area contributed by atoms with Crippen molar-refractivity contribution in [2.75, 3.05) is 0 Å². The van der Waals surface area contributed by atoms with Crippen molar-refractivity contribution < 1.29 is 30.0 Å². The van der Waals surface area contributed by atoms with Crippen molar-refractivity contribution in [3.63, 3.8) is 0 Å². The van der Waals surface area contributed by atoms with Gasteiger partial charge in [0.15, 0.2) is 0 Å². The minimum Gasteiger partial charge on any atom is -0.508 e. The third kappa shape index (κ3) is 3.30. The smallest absolute Gasteiger partial charge is 0.331 e. The van der Waals surface area contributed by atoms with Crippen molar-refractivity contribution in [1.82, 2.24) is 0 Å². The highest BCUT2D eigenvalue weighted by Gasteiger charge is 2.71. The summed E-state index contributed by atoms with van der Waals surface area (Å²) in [5, 5.41) is 45.0. The van der Waals surface area contributed by atoms with Crippen LogP contribution in [0.2, 0.25) is 0 Å². The number of cyclic esters (lactones) is 1. The maximum Gasteiger partial charge on any atom is 0.331 e. The second-order valence-corrected chi connectivity index (χ2v) is 12.9. The van der Waals surface area contributed by atoms with Crippen molar-refractivity contribution in [1.29, 1.82) is 0 Å². The first-order chi connectivity index (χ1) is 17.1. The Morgan fingerprint density at radius 2 is 1.78 bits per heavy atom. The summed E-state index contributed by atoms with van der Waals surface area (Å²) >= 11 is 0. The van der Waals surface area contributed by atoms with Gasteiger partial charge in [0.2, 0.25) is 0 Å². The zero-order valence-electron chi connectivity index (χ0n) is 21.4. The highest BCUT2D eigenvalue weighted by molar-refractivity contribution is 5.86. The molecule has 6 rings (SSSR count). The number of aliphatic hydroxyl groups excluding tert-OH is 2. The van der Waals surface area contributed by atoms with Gasteiger partial charge in [0.1, 0.15) is 11.9 Å². The van der Waals surface area contributed by atoms with E-state index in [2.05, 4.69) is 6.92 Å². The van der Waals surface area contributed by atoms with Crippen molar-refractivity contribution in [2.45, 2.75) is 95.5 Å². The first-order valence-electron chi connectivity index (χ1n) is 13.9. The number of phenolic OH excluding ortho intramolecular Hbond substituents is 1. The molecule has 4 fully saturated rings. The zero-order chi connectivity index (χ0) is 25.5. The lowest BCUT2D eigenvalue weighted by Gasteiger charge is -2.65. The van der Waals surface area contributed by atoms with Crippen LogP contribution in [0.3, 0.4) is 0 Å². The number of rotatable bonds is 3. The maximum atomic E-state index is 12.5. The summed E-state index contributed by atoms with van der Waals surface area (Å²) in [4.78, 5) is 12.5. The van der Waals surface area contributed by atoms with Crippen LogP contribution in [0.15, 0.2) is 35.9 Å². The number of fused-ring (bicyclic) bond motifs is 5. The minimum absolute atomic E-state index is 0.0251. The van der Waals surface area contributed by atoms with Gasteiger partial charge in [0.25, 0.3) is 0 Å². The normalized spacial score (nSPS) is 48.0. The molecule has 1 aromatic carbocycles. The summed E-state index contributed by atoms with van der Waals surface area (Å²) in [5.41, 5.74) is -0.202. The molecule has 1 unspecified atom stereocenters. The molecule has 0 bridgehead atoms. The maximum absolute atomic E-state index is 12.5. The standard InChI is InChI=1S/C30H40O6/c1-28-11-9-19(31)14-18(28)7-8-22-23(28)16-26(33)29(2)21(10-12-30(22,29)35)20-15-27(34)36-25(20)13-17-5-3-4-6-24(17)32/h3-6,15,18-19,21-23,25-26,31-33,35H,7-14,16H2,1-2H3/t18-,19+,21-,22-,23+,25?,26-,28+,29+,30+/m1/s1. The molecular weight excluding hydrogens is 456 g/mol. The van der Waals surface area contributed by atoms with E-state index in [0.717, 1.165) is 43.2 Å². The van der Waals surface area contributed by atoms with Crippen LogP contribution in [0.25, 0.3) is 0 Å². The molecule has 4 N–H and O–H groups in total. The van der Waals surface area contributed by atoms with Gasteiger partial charge >= 0.3 is 5.97 Å². The van der Waals surface area contributed by atoms with E-state index in [0.29, 0.717) is 31.6 Å². The number of esters is 1. The molecule has 0 aromatic heterocycles. The summed E-state index contributed by atoms with van der Waals surface area (Å²) in [6.07, 6.45) is 6.96. The highest BCUT2D eigenvalue weighted by Crippen LogP contribution is 2.70. The first kappa shape index (κ1) is 24.4. The van der Waals surface area contributed by atoms with Gasteiger partial charge in [0, 0.05) is 17.9 Å². The number of carbonyl (C=O) groups is 1. The molecule has 1 aliphatic heterocycles. The second kappa shape index (κ2) is 8.31. The fourth-order valence-corrected chi connectivity index (χ4v) is 9.56. The SMILES string of the molecule is C[C@]12CC[C@H](O)C[C@H]1CC[C@@H]1[C@@H]2C[C@@H](O)[C@]2(C)[C@@H](C3=CC(=O)OC3Cc3ccccc3O)CC[C@]12O. The molecular formula is C30H40O6. The van der Waals surface area contributed by atoms with Crippen LogP contribution in [0.4, 0.5) is 0 Å². The van der Waals surface area contributed by atoms with E-state index in [1.165, 1.54) is 0 Å². The summed E-state index contributed by atoms with van der Waals surface area (Å²) in [6.45, 7) is 4.37. The van der Waals surface area contributed by atoms with E-state index < -0.39 is 23.2 Å². The Hall–Kier alpha value is -1.89. The topological polar surface area (TPSA) is 107 Å². The van der Waals surface area contributed by atoms with Gasteiger partial charge < -0.3 is 25.2 Å². The number of para-hydroxylation sites is 1. The van der Waals surface area contributed by atoms with Crippen LogP contribution >= 0.6 is 0 Å². The molecule has 6 nitrogen and oxygen atoms in total. The van der Waals surface area contributed by atoms with E-state index in [9.17, 15) is 25.2 Å². The van der Waals surface area contributed by atoms with Gasteiger partial charge in [-0.15, -0.1) is 0 Å². The number of aromatic hydroxyl groups is 1. The average Bonchev–Trinajstić information content (AvgIpc) is 3.33. The minimum atomic E-state index is -1.02. The van der Waals surface area contributed by atoms with Crippen LogP contribution in [0.1, 0.15) is 70.8 Å². The lowest BCUT2D eigenvalue weighted by atomic mass is 9.42. The molecule has 4 aliphatic carbocycles. The molecule has 1 aromatic rings. The Balaban J connectivity index is 1.32. The third-order valence-electron chi connectivity index (χ3n) is 11.6. The number of ether oxygens (including phenoxy) is 1. The summed E-state index contributed by atoms with van der Waals surface area (Å²) in [6, 6.07) is 7.10. The monoisotopic (exact) mass is 496 g/mol. The Bertz CT molecular complexity index is 1080. The second-order valence-electron chi connectivity index (χ2n) is 12.9. The molecule has 0 saturated heterocycles. The van der Waals surface area contributed by atoms with Crippen molar-refractivity contribution >= 4 is 5.97 Å². The average molecular weight is 497 g/mol. The van der Waals surface area contributed by atoms with Gasteiger partial charge in [-0.3, -0.25) is 0 Å². The van der Waals surface area contributed by atoms with Crippen LogP contribution in [-0.4, -0.2) is 50.3 Å². The predicted molar refractivity (Wildman–Crippen MR) is 134 cm³/mol. The molecule has 196 valence electrons. The largest absolute Gasteiger partial charge is 0.508 e. The van der Waals surface area contributed by atoms with Crippen molar-refractivity contribution in [2.24, 2.45) is 34.5 Å². The van der Waals surface area contributed by atoms with E-state index in [4.69, 9.17) is 4.74 Å². The summed E-state index contributed by atoms with van der Waals surface area (Å²) in [7, 11) is 0. The predicted octanol–water partition coefficient (Wildman–Crippen LogP) is 3.89. The van der Waals surface area contributed by atoms with Gasteiger partial charge in [-0.25, -0.2) is 4.79 Å². The summed E-state index contributed by atoms with van der Waals surface area (Å²) in [5.74, 6) is 0.384. The van der Waals surface area contributed by atoms with Crippen LogP contribution in [0.5, 0.6) is 5.75 Å². The summed E-state index contributed by atoms with van der Waals surface area (Å²) < 4.78 is 5.71. The molecule has 1 heterocycles. The number of hydrogen-bond donors (Lipinski definition) is 4. The number of benzene rings is 1. The Kier molecular flexibility index (Phi) is 5.64. The fraction of sp³-hybridized carbons (Fsp3) is 0.700. The number of carbonyl (C=O) groups excluding carboxylic acids is 1. The molecule has 10 atom stereocenters. The molecule has 6 heteroatoms. The van der Waals surface area contributed by atoms with Crippen LogP contribution in [0, 0.1) is 34.5 Å². The highest BCUT2D eigenvalue weighted by atomic mass is 16.5. The molecule has 5 aliphatic rings. The number of aliphatic hydroxyl groups is 3. The number of phenols is 1. The van der Waals surface area contributed by atoms with Crippen molar-refractivity contribution in [3.8, 4) is 5.75 Å². The molecule has 0 spiro atoms. The van der Waals surface area contributed by atoms with Crippen LogP contribution in [-0.2, 0) is 16.0 Å². The van der Waals surface area contributed by atoms with Crippen molar-refractivity contribution in [3.05, 3.63) is 41.5 Å². The van der Waals surface area contributed by atoms with Gasteiger partial charge in [0.05, 0.1) is 17.8 Å². The molecule has 0 amide bonds. The van der Waals surface area contributed by atoms with E-state index in [1.54, 1.807) is 18.2 Å². The lowest BCUT2D eigenvalue weighted by Crippen LogP contribution is -2.67. The molecule has 0 radical (unpaired) electrons. The first-order valence-corrected chi connectivity index (χ1v) is 13.9. The third-order valence-corrected chi connectivity index (χ3v) is 11.6. The van der Waals surface area contributed by atoms with E-state index in [-0.39, 0.29) is 41.0 Å². The molecule has 36 heavy (non-hydrogen) atoms. The van der Waals surface area contributed by atoms with Crippen LogP contribution < -0.4 is 0 Å². The Morgan fingerprint density at radius 3 is 2.56 bits per heavy atom.